The van der Waals surface area contributed by atoms with Crippen molar-refractivity contribution in [1.29, 1.82) is 0 Å². The van der Waals surface area contributed by atoms with Gasteiger partial charge in [0.1, 0.15) is 0 Å². The summed E-state index contributed by atoms with van der Waals surface area (Å²) >= 11 is -1.92. The van der Waals surface area contributed by atoms with Crippen LogP contribution in [0.2, 0.25) is 0 Å². The fourth-order valence-electron chi connectivity index (χ4n) is 1.94. The molecule has 0 aliphatic rings. The summed E-state index contributed by atoms with van der Waals surface area (Å²) in [5.41, 5.74) is 2.00. The molecule has 1 unspecified atom stereocenters. The molecule has 0 heterocycles. The molecule has 0 fully saturated rings. The summed E-state index contributed by atoms with van der Waals surface area (Å²) in [6, 6.07) is 9.64. The van der Waals surface area contributed by atoms with Crippen molar-refractivity contribution in [2.24, 2.45) is 0 Å². The minimum absolute atomic E-state index is 0.524. The maximum atomic E-state index is 11.3. The van der Waals surface area contributed by atoms with Gasteiger partial charge < -0.3 is 4.55 Å². The fraction of sp³-hybridized carbons (Fsp3) is 0.167. The summed E-state index contributed by atoms with van der Waals surface area (Å²) in [7, 11) is 0. The topological polar surface area (TPSA) is 37.3 Å². The molecule has 0 aliphatic heterocycles. The minimum atomic E-state index is -1.92. The SMILES string of the molecule is Cc1cc(C)c2ccccc2c1S(=O)O. The number of aryl methyl sites for hydroxylation is 2. The number of fused-ring (bicyclic) bond motifs is 1. The van der Waals surface area contributed by atoms with Crippen LogP contribution in [0.5, 0.6) is 0 Å². The van der Waals surface area contributed by atoms with E-state index >= 15 is 0 Å². The van der Waals surface area contributed by atoms with Gasteiger partial charge in [-0.2, -0.15) is 0 Å². The second kappa shape index (κ2) is 3.76. The van der Waals surface area contributed by atoms with Gasteiger partial charge in [-0.05, 0) is 30.4 Å². The van der Waals surface area contributed by atoms with Crippen LogP contribution in [-0.4, -0.2) is 8.76 Å². The Labute approximate surface area is 91.2 Å². The highest BCUT2D eigenvalue weighted by Gasteiger charge is 2.11. The van der Waals surface area contributed by atoms with Crippen LogP contribution in [0.4, 0.5) is 0 Å². The summed E-state index contributed by atoms with van der Waals surface area (Å²) in [6.07, 6.45) is 0. The quantitative estimate of drug-likeness (QED) is 0.750. The van der Waals surface area contributed by atoms with E-state index < -0.39 is 11.1 Å². The highest BCUT2D eigenvalue weighted by Crippen LogP contribution is 2.27. The number of rotatable bonds is 1. The molecular weight excluding hydrogens is 208 g/mol. The smallest absolute Gasteiger partial charge is 0.187 e. The third-order valence-corrected chi connectivity index (χ3v) is 3.45. The Morgan fingerprint density at radius 1 is 1.07 bits per heavy atom. The van der Waals surface area contributed by atoms with Crippen LogP contribution in [0, 0.1) is 13.8 Å². The normalized spacial score (nSPS) is 13.0. The Bertz CT molecular complexity index is 547. The van der Waals surface area contributed by atoms with E-state index in [2.05, 4.69) is 0 Å². The van der Waals surface area contributed by atoms with E-state index in [-0.39, 0.29) is 0 Å². The molecule has 2 aromatic rings. The van der Waals surface area contributed by atoms with Crippen LogP contribution >= 0.6 is 0 Å². The lowest BCUT2D eigenvalue weighted by molar-refractivity contribution is 0.565. The van der Waals surface area contributed by atoms with Crippen LogP contribution in [0.25, 0.3) is 10.8 Å². The lowest BCUT2D eigenvalue weighted by atomic mass is 10.0. The molecule has 0 spiro atoms. The third kappa shape index (κ3) is 1.68. The van der Waals surface area contributed by atoms with Gasteiger partial charge in [0.05, 0.1) is 4.90 Å². The Morgan fingerprint density at radius 3 is 2.27 bits per heavy atom. The minimum Gasteiger partial charge on any atom is -0.302 e. The number of hydrogen-bond donors (Lipinski definition) is 1. The predicted molar refractivity (Wildman–Crippen MR) is 62.5 cm³/mol. The van der Waals surface area contributed by atoms with Crippen molar-refractivity contribution in [2.75, 3.05) is 0 Å². The molecule has 2 aromatic carbocycles. The van der Waals surface area contributed by atoms with Crippen molar-refractivity contribution in [3.05, 3.63) is 41.5 Å². The molecule has 0 bridgehead atoms. The van der Waals surface area contributed by atoms with E-state index in [9.17, 15) is 8.76 Å². The van der Waals surface area contributed by atoms with E-state index in [1.165, 1.54) is 0 Å². The van der Waals surface area contributed by atoms with Crippen LogP contribution in [0.15, 0.2) is 35.2 Å². The van der Waals surface area contributed by atoms with Crippen molar-refractivity contribution in [2.45, 2.75) is 18.7 Å². The summed E-state index contributed by atoms with van der Waals surface area (Å²) in [6.45, 7) is 3.88. The summed E-state index contributed by atoms with van der Waals surface area (Å²) in [5.74, 6) is 0. The Morgan fingerprint density at radius 2 is 1.67 bits per heavy atom. The second-order valence-electron chi connectivity index (χ2n) is 3.63. The highest BCUT2D eigenvalue weighted by atomic mass is 32.2. The van der Waals surface area contributed by atoms with Gasteiger partial charge in [-0.15, -0.1) is 0 Å². The largest absolute Gasteiger partial charge is 0.302 e. The molecule has 0 radical (unpaired) electrons. The molecule has 0 saturated heterocycles. The van der Waals surface area contributed by atoms with Gasteiger partial charge in [-0.3, -0.25) is 0 Å². The zero-order valence-electron chi connectivity index (χ0n) is 8.65. The lowest BCUT2D eigenvalue weighted by Gasteiger charge is -2.09. The first-order chi connectivity index (χ1) is 7.11. The molecule has 15 heavy (non-hydrogen) atoms. The zero-order valence-corrected chi connectivity index (χ0v) is 9.47. The predicted octanol–water partition coefficient (Wildman–Crippen LogP) is 3.04. The van der Waals surface area contributed by atoms with Gasteiger partial charge in [0, 0.05) is 5.39 Å². The van der Waals surface area contributed by atoms with Gasteiger partial charge >= 0.3 is 0 Å². The summed E-state index contributed by atoms with van der Waals surface area (Å²) in [4.78, 5) is 0.524. The molecule has 1 N–H and O–H groups in total. The first kappa shape index (κ1) is 10.3. The monoisotopic (exact) mass is 220 g/mol. The first-order valence-electron chi connectivity index (χ1n) is 4.71. The van der Waals surface area contributed by atoms with E-state index in [4.69, 9.17) is 0 Å². The fourth-order valence-corrected chi connectivity index (χ4v) is 2.64. The first-order valence-corrected chi connectivity index (χ1v) is 5.81. The summed E-state index contributed by atoms with van der Waals surface area (Å²) < 4.78 is 20.5. The summed E-state index contributed by atoms with van der Waals surface area (Å²) in [5, 5.41) is 1.91. The molecule has 0 aromatic heterocycles. The van der Waals surface area contributed by atoms with Gasteiger partial charge in [0.25, 0.3) is 0 Å². The number of hydrogen-bond acceptors (Lipinski definition) is 1. The lowest BCUT2D eigenvalue weighted by Crippen LogP contribution is -1.95. The van der Waals surface area contributed by atoms with Gasteiger partial charge in [-0.25, -0.2) is 4.21 Å². The van der Waals surface area contributed by atoms with Crippen molar-refractivity contribution in [3.8, 4) is 0 Å². The van der Waals surface area contributed by atoms with E-state index in [1.807, 2.05) is 44.2 Å². The maximum absolute atomic E-state index is 11.3. The molecule has 0 amide bonds. The Kier molecular flexibility index (Phi) is 2.59. The van der Waals surface area contributed by atoms with Crippen molar-refractivity contribution < 1.29 is 8.76 Å². The molecule has 2 rings (SSSR count). The third-order valence-electron chi connectivity index (χ3n) is 2.56. The molecular formula is C12H12O2S. The highest BCUT2D eigenvalue weighted by molar-refractivity contribution is 7.79. The maximum Gasteiger partial charge on any atom is 0.187 e. The average molecular weight is 220 g/mol. The second-order valence-corrected chi connectivity index (χ2v) is 4.54. The van der Waals surface area contributed by atoms with Gasteiger partial charge in [0.2, 0.25) is 0 Å². The molecule has 0 saturated carbocycles. The molecule has 3 heteroatoms. The molecule has 0 aliphatic carbocycles. The van der Waals surface area contributed by atoms with Crippen LogP contribution in [0.1, 0.15) is 11.1 Å². The number of benzene rings is 2. The Balaban J connectivity index is 2.96. The van der Waals surface area contributed by atoms with Gasteiger partial charge in [0.15, 0.2) is 11.1 Å². The molecule has 78 valence electrons. The molecule has 2 nitrogen and oxygen atoms in total. The van der Waals surface area contributed by atoms with Crippen molar-refractivity contribution >= 4 is 21.9 Å². The Hall–Kier alpha value is -1.19. The van der Waals surface area contributed by atoms with Crippen molar-refractivity contribution in [1.82, 2.24) is 0 Å². The van der Waals surface area contributed by atoms with Gasteiger partial charge in [-0.1, -0.05) is 30.3 Å². The van der Waals surface area contributed by atoms with Crippen LogP contribution in [-0.2, 0) is 11.1 Å². The van der Waals surface area contributed by atoms with Crippen LogP contribution in [0.3, 0.4) is 0 Å². The standard InChI is InChI=1S/C12H12O2S/c1-8-7-9(2)12(15(13)14)11-6-4-3-5-10(8)11/h3-7H,1-2H3,(H,13,14). The van der Waals surface area contributed by atoms with Crippen LogP contribution < -0.4 is 0 Å². The van der Waals surface area contributed by atoms with E-state index in [0.717, 1.165) is 21.9 Å². The molecule has 1 atom stereocenters. The van der Waals surface area contributed by atoms with Crippen molar-refractivity contribution in [3.63, 3.8) is 0 Å². The van der Waals surface area contributed by atoms with E-state index in [1.54, 1.807) is 0 Å². The zero-order chi connectivity index (χ0) is 11.0. The van der Waals surface area contributed by atoms with E-state index in [0.29, 0.717) is 4.90 Å². The average Bonchev–Trinajstić information content (AvgIpc) is 2.17.